The summed E-state index contributed by atoms with van der Waals surface area (Å²) in [6.07, 6.45) is 2.52. The van der Waals surface area contributed by atoms with Gasteiger partial charge >= 0.3 is 0 Å². The Labute approximate surface area is 291 Å². The molecule has 0 radical (unpaired) electrons. The molecule has 14 nitrogen and oxygen atoms in total. The van der Waals surface area contributed by atoms with Gasteiger partial charge in [0.2, 0.25) is 29.5 Å². The number of hydrogen-bond donors (Lipinski definition) is 7. The van der Waals surface area contributed by atoms with E-state index in [0.717, 1.165) is 30.6 Å². The van der Waals surface area contributed by atoms with Gasteiger partial charge in [0, 0.05) is 0 Å². The Hall–Kier alpha value is -3.10. The summed E-state index contributed by atoms with van der Waals surface area (Å²) in [5.74, 6) is -6.06. The molecule has 6 amide bonds. The molecule has 0 saturated carbocycles. The summed E-state index contributed by atoms with van der Waals surface area (Å²) in [6.45, 7) is 13.2. The molecule has 8 atom stereocenters. The Morgan fingerprint density at radius 1 is 0.714 bits per heavy atom. The summed E-state index contributed by atoms with van der Waals surface area (Å²) in [5, 5.41) is 41.5. The van der Waals surface area contributed by atoms with Crippen molar-refractivity contribution >= 4 is 35.4 Å². The van der Waals surface area contributed by atoms with Gasteiger partial charge in [-0.15, -0.1) is 0 Å². The van der Waals surface area contributed by atoms with Gasteiger partial charge in [-0.05, 0) is 43.9 Å². The van der Waals surface area contributed by atoms with Crippen LogP contribution in [0.25, 0.3) is 0 Å². The van der Waals surface area contributed by atoms with Gasteiger partial charge in [0.25, 0.3) is 5.91 Å². The minimum absolute atomic E-state index is 0.0241. The zero-order chi connectivity index (χ0) is 37.4. The molecule has 0 aliphatic carbocycles. The molecule has 0 aromatic heterocycles. The molecule has 8 unspecified atom stereocenters. The van der Waals surface area contributed by atoms with Crippen LogP contribution in [0, 0.1) is 17.8 Å². The van der Waals surface area contributed by atoms with E-state index in [4.69, 9.17) is 0 Å². The number of carbonyl (C=O) groups excluding carboxylic acids is 6. The second-order valence-electron chi connectivity index (χ2n) is 14.3. The second-order valence-corrected chi connectivity index (χ2v) is 14.3. The van der Waals surface area contributed by atoms with Crippen LogP contribution < -0.4 is 21.3 Å². The maximum atomic E-state index is 14.6. The van der Waals surface area contributed by atoms with Crippen LogP contribution in [-0.4, -0.2) is 105 Å². The van der Waals surface area contributed by atoms with E-state index in [1.165, 1.54) is 6.92 Å². The lowest BCUT2D eigenvalue weighted by molar-refractivity contribution is -0.156. The number of amides is 6. The molecule has 1 aliphatic heterocycles. The van der Waals surface area contributed by atoms with Gasteiger partial charge in [-0.1, -0.05) is 87.0 Å². The summed E-state index contributed by atoms with van der Waals surface area (Å²) in [5.41, 5.74) is 0. The first-order valence-corrected chi connectivity index (χ1v) is 18.0. The lowest BCUT2D eigenvalue weighted by atomic mass is 9.93. The van der Waals surface area contributed by atoms with Gasteiger partial charge in [-0.2, -0.15) is 0 Å². The lowest BCUT2D eigenvalue weighted by Crippen LogP contribution is -2.62. The molecule has 282 valence electrons. The van der Waals surface area contributed by atoms with E-state index in [9.17, 15) is 44.1 Å². The Balaban J connectivity index is 3.82. The van der Waals surface area contributed by atoms with Crippen molar-refractivity contribution in [1.29, 1.82) is 0 Å². The van der Waals surface area contributed by atoms with Gasteiger partial charge in [0.1, 0.15) is 30.2 Å². The van der Waals surface area contributed by atoms with E-state index >= 15 is 0 Å². The number of carbonyl (C=O) groups is 6. The second kappa shape index (κ2) is 21.9. The fraction of sp³-hybridized carbons (Fsp3) is 0.829. The lowest BCUT2D eigenvalue weighted by Gasteiger charge is -2.36. The highest BCUT2D eigenvalue weighted by Gasteiger charge is 2.43. The van der Waals surface area contributed by atoms with Gasteiger partial charge in [0.05, 0.1) is 25.2 Å². The van der Waals surface area contributed by atoms with Crippen LogP contribution in [0.3, 0.4) is 0 Å². The van der Waals surface area contributed by atoms with E-state index < -0.39 is 96.8 Å². The first-order chi connectivity index (χ1) is 23.0. The van der Waals surface area contributed by atoms with Crippen molar-refractivity contribution in [3.63, 3.8) is 0 Å². The van der Waals surface area contributed by atoms with Crippen LogP contribution in [0.1, 0.15) is 120 Å². The standard InChI is InChI=1S/C35H63N5O9/c1-9-11-12-13-14-15-24(43)18-28(44)40-27(17-21(5)6)33(47)37-26(19-41)32(46)39-30(23(8)42)34(48)36-25(16-20(3)4)31(45)38-29(35(40)49)22(7)10-2/h20-27,29-30,41-43H,9-19H2,1-8H3,(H,36,48)(H,37,47)(H,38,45)(H,39,46). The first kappa shape index (κ1) is 43.9. The Kier molecular flexibility index (Phi) is 19.6. The average molecular weight is 698 g/mol. The number of nitrogens with one attached hydrogen (secondary N) is 4. The van der Waals surface area contributed by atoms with Crippen molar-refractivity contribution in [2.45, 2.75) is 162 Å². The maximum Gasteiger partial charge on any atom is 0.252 e. The number of aliphatic hydroxyl groups is 3. The largest absolute Gasteiger partial charge is 0.394 e. The maximum absolute atomic E-state index is 14.6. The summed E-state index contributed by atoms with van der Waals surface area (Å²) in [6, 6.07) is -7.11. The summed E-state index contributed by atoms with van der Waals surface area (Å²) >= 11 is 0. The molecule has 1 fully saturated rings. The Bertz CT molecular complexity index is 1100. The van der Waals surface area contributed by atoms with Crippen LogP contribution in [-0.2, 0) is 28.8 Å². The van der Waals surface area contributed by atoms with Crippen LogP contribution in [0.2, 0.25) is 0 Å². The fourth-order valence-corrected chi connectivity index (χ4v) is 5.78. The number of unbranched alkanes of at least 4 members (excludes halogenated alkanes) is 4. The van der Waals surface area contributed by atoms with E-state index in [1.54, 1.807) is 27.7 Å². The van der Waals surface area contributed by atoms with E-state index in [-0.39, 0.29) is 24.7 Å². The van der Waals surface area contributed by atoms with Crippen molar-refractivity contribution in [2.24, 2.45) is 17.8 Å². The molecule has 0 spiro atoms. The predicted molar refractivity (Wildman–Crippen MR) is 184 cm³/mol. The smallest absolute Gasteiger partial charge is 0.252 e. The average Bonchev–Trinajstić information content (AvgIpc) is 3.02. The Morgan fingerprint density at radius 2 is 1.27 bits per heavy atom. The van der Waals surface area contributed by atoms with Crippen molar-refractivity contribution in [1.82, 2.24) is 26.2 Å². The van der Waals surface area contributed by atoms with Crippen LogP contribution in [0.15, 0.2) is 0 Å². The number of aliphatic hydroxyl groups excluding tert-OH is 3. The molecular weight excluding hydrogens is 634 g/mol. The van der Waals surface area contributed by atoms with Crippen LogP contribution >= 0.6 is 0 Å². The normalized spacial score (nSPS) is 25.1. The fourth-order valence-electron chi connectivity index (χ4n) is 5.78. The highest BCUT2D eigenvalue weighted by Crippen LogP contribution is 2.21. The predicted octanol–water partition coefficient (Wildman–Crippen LogP) is 1.29. The van der Waals surface area contributed by atoms with E-state index in [1.807, 2.05) is 13.8 Å². The minimum atomic E-state index is -1.61. The number of nitrogens with zero attached hydrogens (tertiary/aromatic N) is 1. The van der Waals surface area contributed by atoms with Gasteiger partial charge < -0.3 is 36.6 Å². The summed E-state index contributed by atoms with van der Waals surface area (Å²) in [4.78, 5) is 83.8. The molecule has 0 aromatic carbocycles. The first-order valence-electron chi connectivity index (χ1n) is 18.0. The zero-order valence-corrected chi connectivity index (χ0v) is 30.8. The number of hydrogen-bond acceptors (Lipinski definition) is 9. The summed E-state index contributed by atoms with van der Waals surface area (Å²) in [7, 11) is 0. The topological polar surface area (TPSA) is 214 Å². The molecule has 1 rings (SSSR count). The molecule has 49 heavy (non-hydrogen) atoms. The quantitative estimate of drug-likeness (QED) is 0.116. The van der Waals surface area contributed by atoms with Crippen molar-refractivity contribution in [2.75, 3.05) is 6.61 Å². The molecule has 0 bridgehead atoms. The molecule has 14 heteroatoms. The SMILES string of the molecule is CCCCCCCC(O)CC(=O)N1C(=O)C(C(C)CC)NC(=O)C(CC(C)C)NC(=O)C(C(C)O)NC(=O)C(CO)NC(=O)C1CC(C)C. The third-order valence-corrected chi connectivity index (χ3v) is 8.86. The van der Waals surface area contributed by atoms with E-state index in [2.05, 4.69) is 28.2 Å². The van der Waals surface area contributed by atoms with Crippen molar-refractivity contribution in [3.05, 3.63) is 0 Å². The molecule has 1 heterocycles. The third kappa shape index (κ3) is 14.3. The third-order valence-electron chi connectivity index (χ3n) is 8.86. The van der Waals surface area contributed by atoms with Crippen molar-refractivity contribution in [3.8, 4) is 0 Å². The molecule has 1 saturated heterocycles. The van der Waals surface area contributed by atoms with Crippen LogP contribution in [0.4, 0.5) is 0 Å². The molecular formula is C35H63N5O9. The Morgan fingerprint density at radius 3 is 1.80 bits per heavy atom. The van der Waals surface area contributed by atoms with Gasteiger partial charge in [0.15, 0.2) is 0 Å². The van der Waals surface area contributed by atoms with Crippen molar-refractivity contribution < 1.29 is 44.1 Å². The summed E-state index contributed by atoms with van der Waals surface area (Å²) < 4.78 is 0. The monoisotopic (exact) mass is 697 g/mol. The zero-order valence-electron chi connectivity index (χ0n) is 30.8. The number of rotatable bonds is 16. The molecule has 0 aromatic rings. The highest BCUT2D eigenvalue weighted by molar-refractivity contribution is 6.05. The minimum Gasteiger partial charge on any atom is -0.394 e. The highest BCUT2D eigenvalue weighted by atomic mass is 16.3. The van der Waals surface area contributed by atoms with E-state index in [0.29, 0.717) is 19.3 Å². The van der Waals surface area contributed by atoms with Gasteiger partial charge in [-0.25, -0.2) is 0 Å². The number of imide groups is 1. The van der Waals surface area contributed by atoms with Crippen LogP contribution in [0.5, 0.6) is 0 Å². The molecule has 7 N–H and O–H groups in total. The van der Waals surface area contributed by atoms with Gasteiger partial charge in [-0.3, -0.25) is 33.7 Å². The molecule has 1 aliphatic rings.